The molecule has 0 aliphatic heterocycles. The lowest BCUT2D eigenvalue weighted by atomic mass is 10.2. The van der Waals surface area contributed by atoms with Crippen molar-refractivity contribution in [2.45, 2.75) is 25.3 Å². The number of nitrogens with zero attached hydrogens (tertiary/aromatic N) is 1. The van der Waals surface area contributed by atoms with E-state index in [4.69, 9.17) is 0 Å². The number of alkyl halides is 1. The number of rotatable bonds is 3. The Labute approximate surface area is 97.4 Å². The first-order chi connectivity index (χ1) is 7.15. The number of aromatic nitrogens is 1. The number of carbonyl (C=O) groups excluding carboxylic acids is 1. The van der Waals surface area contributed by atoms with Gasteiger partial charge in [-0.05, 0) is 31.4 Å². The van der Waals surface area contributed by atoms with Crippen molar-refractivity contribution in [3.63, 3.8) is 0 Å². The highest BCUT2D eigenvalue weighted by Crippen LogP contribution is 2.37. The molecule has 0 spiro atoms. The molecule has 15 heavy (non-hydrogen) atoms. The summed E-state index contributed by atoms with van der Waals surface area (Å²) < 4.78 is 0. The van der Waals surface area contributed by atoms with Gasteiger partial charge in [-0.2, -0.15) is 0 Å². The molecule has 0 saturated heterocycles. The Bertz CT molecular complexity index is 388. The van der Waals surface area contributed by atoms with Crippen molar-refractivity contribution < 1.29 is 4.79 Å². The summed E-state index contributed by atoms with van der Waals surface area (Å²) in [5.74, 6) is -0.0249. The van der Waals surface area contributed by atoms with E-state index in [0.29, 0.717) is 5.56 Å². The molecule has 1 heterocycles. The number of halogens is 1. The number of hydrogen-bond acceptors (Lipinski definition) is 2. The van der Waals surface area contributed by atoms with E-state index < -0.39 is 0 Å². The maximum Gasteiger partial charge on any atom is 0.253 e. The van der Waals surface area contributed by atoms with Crippen LogP contribution in [0.15, 0.2) is 18.5 Å². The average molecular weight is 269 g/mol. The van der Waals surface area contributed by atoms with E-state index in [1.807, 2.05) is 13.0 Å². The van der Waals surface area contributed by atoms with E-state index in [9.17, 15) is 4.79 Å². The Morgan fingerprint density at radius 3 is 2.87 bits per heavy atom. The number of hydrogen-bond donors (Lipinski definition) is 1. The summed E-state index contributed by atoms with van der Waals surface area (Å²) in [5, 5.41) is 3.86. The summed E-state index contributed by atoms with van der Waals surface area (Å²) >= 11 is 3.42. The van der Waals surface area contributed by atoms with Crippen molar-refractivity contribution in [1.82, 2.24) is 10.3 Å². The summed E-state index contributed by atoms with van der Waals surface area (Å²) in [6, 6.07) is 1.85. The van der Waals surface area contributed by atoms with Gasteiger partial charge in [0.15, 0.2) is 0 Å². The molecule has 1 aliphatic carbocycles. The summed E-state index contributed by atoms with van der Waals surface area (Å²) in [6.07, 6.45) is 5.47. The van der Waals surface area contributed by atoms with E-state index in [1.165, 1.54) is 0 Å². The molecule has 1 aliphatic rings. The highest BCUT2D eigenvalue weighted by Gasteiger charge is 2.42. The second kappa shape index (κ2) is 3.93. The van der Waals surface area contributed by atoms with Crippen LogP contribution in [0.5, 0.6) is 0 Å². The van der Waals surface area contributed by atoms with Crippen LogP contribution in [0, 0.1) is 6.92 Å². The van der Waals surface area contributed by atoms with Gasteiger partial charge >= 0.3 is 0 Å². The number of amides is 1. The maximum atomic E-state index is 11.8. The normalized spacial score (nSPS) is 17.2. The first kappa shape index (κ1) is 10.6. The minimum absolute atomic E-state index is 0.000823. The fourth-order valence-corrected chi connectivity index (χ4v) is 2.14. The van der Waals surface area contributed by atoms with Crippen LogP contribution in [-0.2, 0) is 0 Å². The third-order valence-electron chi connectivity index (χ3n) is 2.63. The SMILES string of the molecule is Cc1cncc(C(=O)NC2(CBr)CC2)c1. The smallest absolute Gasteiger partial charge is 0.253 e. The van der Waals surface area contributed by atoms with Gasteiger partial charge in [0.05, 0.1) is 11.1 Å². The summed E-state index contributed by atoms with van der Waals surface area (Å²) in [5.41, 5.74) is 1.65. The number of nitrogens with one attached hydrogen (secondary N) is 1. The van der Waals surface area contributed by atoms with Gasteiger partial charge in [0.1, 0.15) is 0 Å². The lowest BCUT2D eigenvalue weighted by Crippen LogP contribution is -2.38. The van der Waals surface area contributed by atoms with Crippen LogP contribution < -0.4 is 5.32 Å². The van der Waals surface area contributed by atoms with Gasteiger partial charge < -0.3 is 5.32 Å². The molecule has 4 heteroatoms. The molecule has 0 radical (unpaired) electrons. The zero-order chi connectivity index (χ0) is 10.9. The molecule has 1 saturated carbocycles. The van der Waals surface area contributed by atoms with Gasteiger partial charge in [-0.1, -0.05) is 15.9 Å². The Hall–Kier alpha value is -0.900. The average Bonchev–Trinajstić information content (AvgIpc) is 2.98. The fourth-order valence-electron chi connectivity index (χ4n) is 1.44. The quantitative estimate of drug-likeness (QED) is 0.853. The zero-order valence-electron chi connectivity index (χ0n) is 8.59. The first-order valence-electron chi connectivity index (χ1n) is 4.95. The molecule has 1 amide bonds. The molecule has 0 atom stereocenters. The number of aryl methyl sites for hydroxylation is 1. The maximum absolute atomic E-state index is 11.8. The second-order valence-corrected chi connectivity index (χ2v) is 4.68. The van der Waals surface area contributed by atoms with Gasteiger partial charge in [0.2, 0.25) is 0 Å². The predicted octanol–water partition coefficient (Wildman–Crippen LogP) is 2.05. The summed E-state index contributed by atoms with van der Waals surface area (Å²) in [4.78, 5) is 15.8. The van der Waals surface area contributed by atoms with Crippen LogP contribution in [0.4, 0.5) is 0 Å². The predicted molar refractivity (Wildman–Crippen MR) is 62.2 cm³/mol. The van der Waals surface area contributed by atoms with Crippen LogP contribution in [0.2, 0.25) is 0 Å². The lowest BCUT2D eigenvalue weighted by molar-refractivity contribution is 0.0936. The minimum Gasteiger partial charge on any atom is -0.346 e. The van der Waals surface area contributed by atoms with Gasteiger partial charge in [-0.15, -0.1) is 0 Å². The zero-order valence-corrected chi connectivity index (χ0v) is 10.2. The molecule has 0 unspecified atom stereocenters. The Morgan fingerprint density at radius 1 is 1.60 bits per heavy atom. The molecule has 1 fully saturated rings. The summed E-state index contributed by atoms with van der Waals surface area (Å²) in [7, 11) is 0. The molecule has 80 valence electrons. The molecular formula is C11H13BrN2O. The first-order valence-corrected chi connectivity index (χ1v) is 6.07. The fraction of sp³-hybridized carbons (Fsp3) is 0.455. The second-order valence-electron chi connectivity index (χ2n) is 4.12. The highest BCUT2D eigenvalue weighted by molar-refractivity contribution is 9.09. The van der Waals surface area contributed by atoms with Crippen molar-refractivity contribution in [3.05, 3.63) is 29.6 Å². The van der Waals surface area contributed by atoms with Crippen LogP contribution >= 0.6 is 15.9 Å². The van der Waals surface area contributed by atoms with Crippen LogP contribution in [0.1, 0.15) is 28.8 Å². The van der Waals surface area contributed by atoms with Gasteiger partial charge in [0, 0.05) is 17.7 Å². The van der Waals surface area contributed by atoms with Crippen molar-refractivity contribution in [2.24, 2.45) is 0 Å². The van der Waals surface area contributed by atoms with Gasteiger partial charge in [-0.3, -0.25) is 9.78 Å². The van der Waals surface area contributed by atoms with E-state index in [0.717, 1.165) is 23.7 Å². The van der Waals surface area contributed by atoms with Crippen LogP contribution in [-0.4, -0.2) is 21.8 Å². The van der Waals surface area contributed by atoms with Crippen molar-refractivity contribution >= 4 is 21.8 Å². The van der Waals surface area contributed by atoms with Crippen molar-refractivity contribution in [1.29, 1.82) is 0 Å². The third-order valence-corrected chi connectivity index (χ3v) is 3.70. The highest BCUT2D eigenvalue weighted by atomic mass is 79.9. The van der Waals surface area contributed by atoms with Gasteiger partial charge in [0.25, 0.3) is 5.91 Å². The Balaban J connectivity index is 2.08. The standard InChI is InChI=1S/C11H13BrN2O/c1-8-4-9(6-13-5-8)10(15)14-11(7-12)2-3-11/h4-6H,2-3,7H2,1H3,(H,14,15). The number of pyridine rings is 1. The Morgan fingerprint density at radius 2 is 2.33 bits per heavy atom. The van der Waals surface area contributed by atoms with E-state index >= 15 is 0 Å². The van der Waals surface area contributed by atoms with Crippen LogP contribution in [0.25, 0.3) is 0 Å². The minimum atomic E-state index is -0.0249. The van der Waals surface area contributed by atoms with E-state index in [2.05, 4.69) is 26.2 Å². The third kappa shape index (κ3) is 2.37. The monoisotopic (exact) mass is 268 g/mol. The molecule has 0 aromatic carbocycles. The molecular weight excluding hydrogens is 256 g/mol. The molecule has 1 aromatic rings. The molecule has 1 N–H and O–H groups in total. The van der Waals surface area contributed by atoms with Crippen molar-refractivity contribution in [2.75, 3.05) is 5.33 Å². The van der Waals surface area contributed by atoms with E-state index in [1.54, 1.807) is 12.4 Å². The molecule has 1 aromatic heterocycles. The summed E-state index contributed by atoms with van der Waals surface area (Å²) in [6.45, 7) is 1.93. The molecule has 0 bridgehead atoms. The Kier molecular flexibility index (Phi) is 2.78. The van der Waals surface area contributed by atoms with Gasteiger partial charge in [-0.25, -0.2) is 0 Å². The topological polar surface area (TPSA) is 42.0 Å². The van der Waals surface area contributed by atoms with Crippen molar-refractivity contribution in [3.8, 4) is 0 Å². The van der Waals surface area contributed by atoms with Crippen LogP contribution in [0.3, 0.4) is 0 Å². The molecule has 3 nitrogen and oxygen atoms in total. The lowest BCUT2D eigenvalue weighted by Gasteiger charge is -2.13. The molecule has 2 rings (SSSR count). The van der Waals surface area contributed by atoms with E-state index in [-0.39, 0.29) is 11.4 Å². The number of carbonyl (C=O) groups is 1. The largest absolute Gasteiger partial charge is 0.346 e.